The molecule has 1 aromatic rings. The molecule has 0 radical (unpaired) electrons. The summed E-state index contributed by atoms with van der Waals surface area (Å²) in [6.45, 7) is 3.21. The van der Waals surface area contributed by atoms with Crippen LogP contribution in [-0.2, 0) is 0 Å². The van der Waals surface area contributed by atoms with Crippen LogP contribution in [0.15, 0.2) is 29.2 Å². The molecule has 1 saturated carbocycles. The highest BCUT2D eigenvalue weighted by atomic mass is 32.2. The normalized spacial score (nSPS) is 18.1. The molecule has 1 fully saturated rings. The van der Waals surface area contributed by atoms with Gasteiger partial charge in [-0.3, -0.25) is 0 Å². The Bertz CT molecular complexity index is 409. The standard InChI is InChI=1S/C15H23NO2S/c1-3-16-15(10-17,12-7-8-12)11-19-14-6-4-5-13(9-14)18-2/h4-6,9,12,16-17H,3,7-8,10-11H2,1-2H3. The summed E-state index contributed by atoms with van der Waals surface area (Å²) >= 11 is 1.79. The lowest BCUT2D eigenvalue weighted by Crippen LogP contribution is -2.52. The average molecular weight is 281 g/mol. The molecule has 0 aromatic heterocycles. The second-order valence-electron chi connectivity index (χ2n) is 5.09. The molecule has 4 heteroatoms. The van der Waals surface area contributed by atoms with E-state index in [0.717, 1.165) is 18.0 Å². The van der Waals surface area contributed by atoms with Gasteiger partial charge in [0.15, 0.2) is 0 Å². The first-order valence-electron chi connectivity index (χ1n) is 6.87. The summed E-state index contributed by atoms with van der Waals surface area (Å²) in [5.74, 6) is 2.40. The predicted octanol–water partition coefficient (Wildman–Crippen LogP) is 2.54. The van der Waals surface area contributed by atoms with Crippen LogP contribution >= 0.6 is 11.8 Å². The molecule has 1 aliphatic rings. The van der Waals surface area contributed by atoms with E-state index in [1.54, 1.807) is 18.9 Å². The quantitative estimate of drug-likeness (QED) is 0.719. The molecule has 0 heterocycles. The number of likely N-dealkylation sites (N-methyl/N-ethyl adjacent to an activating group) is 1. The van der Waals surface area contributed by atoms with E-state index in [9.17, 15) is 5.11 Å². The first-order chi connectivity index (χ1) is 9.24. The molecule has 2 rings (SSSR count). The van der Waals surface area contributed by atoms with Crippen molar-refractivity contribution in [3.05, 3.63) is 24.3 Å². The van der Waals surface area contributed by atoms with E-state index in [2.05, 4.69) is 18.3 Å². The number of methoxy groups -OCH3 is 1. The third-order valence-corrected chi connectivity index (χ3v) is 4.95. The Morgan fingerprint density at radius 3 is 2.84 bits per heavy atom. The van der Waals surface area contributed by atoms with Gasteiger partial charge in [0.2, 0.25) is 0 Å². The third-order valence-electron chi connectivity index (χ3n) is 3.71. The number of nitrogens with one attached hydrogen (secondary N) is 1. The van der Waals surface area contributed by atoms with Crippen LogP contribution in [0.3, 0.4) is 0 Å². The number of benzene rings is 1. The Hall–Kier alpha value is -0.710. The topological polar surface area (TPSA) is 41.5 Å². The minimum atomic E-state index is -0.123. The van der Waals surface area contributed by atoms with Crippen LogP contribution < -0.4 is 10.1 Å². The van der Waals surface area contributed by atoms with Gasteiger partial charge < -0.3 is 15.2 Å². The lowest BCUT2D eigenvalue weighted by Gasteiger charge is -2.33. The van der Waals surface area contributed by atoms with Crippen LogP contribution in [0.2, 0.25) is 0 Å². The molecule has 1 atom stereocenters. The maximum atomic E-state index is 9.80. The van der Waals surface area contributed by atoms with Crippen LogP contribution in [0.1, 0.15) is 19.8 Å². The molecule has 2 N–H and O–H groups in total. The Morgan fingerprint density at radius 1 is 1.47 bits per heavy atom. The number of aliphatic hydroxyl groups is 1. The van der Waals surface area contributed by atoms with Crippen molar-refractivity contribution >= 4 is 11.8 Å². The van der Waals surface area contributed by atoms with Gasteiger partial charge in [0, 0.05) is 10.6 Å². The lowest BCUT2D eigenvalue weighted by atomic mass is 9.97. The van der Waals surface area contributed by atoms with Crippen molar-refractivity contribution in [1.82, 2.24) is 5.32 Å². The lowest BCUT2D eigenvalue weighted by molar-refractivity contribution is 0.161. The van der Waals surface area contributed by atoms with Gasteiger partial charge in [-0.05, 0) is 43.5 Å². The second-order valence-corrected chi connectivity index (χ2v) is 6.14. The molecule has 1 unspecified atom stereocenters. The van der Waals surface area contributed by atoms with Gasteiger partial charge >= 0.3 is 0 Å². The smallest absolute Gasteiger partial charge is 0.119 e. The number of hydrogen-bond donors (Lipinski definition) is 2. The molecule has 106 valence electrons. The van der Waals surface area contributed by atoms with Gasteiger partial charge in [-0.15, -0.1) is 11.8 Å². The summed E-state index contributed by atoms with van der Waals surface area (Å²) in [4.78, 5) is 1.19. The van der Waals surface area contributed by atoms with Crippen molar-refractivity contribution in [1.29, 1.82) is 0 Å². The maximum absolute atomic E-state index is 9.80. The number of rotatable bonds is 8. The molecule has 1 aromatic carbocycles. The molecule has 0 bridgehead atoms. The fraction of sp³-hybridized carbons (Fsp3) is 0.600. The Kier molecular flexibility index (Phi) is 5.13. The predicted molar refractivity (Wildman–Crippen MR) is 79.9 cm³/mol. The fourth-order valence-electron chi connectivity index (χ4n) is 2.43. The Balaban J connectivity index is 2.01. The van der Waals surface area contributed by atoms with Gasteiger partial charge in [0.1, 0.15) is 5.75 Å². The van der Waals surface area contributed by atoms with E-state index in [1.807, 2.05) is 18.2 Å². The van der Waals surface area contributed by atoms with E-state index in [-0.39, 0.29) is 12.1 Å². The summed E-state index contributed by atoms with van der Waals surface area (Å²) in [5.41, 5.74) is -0.123. The van der Waals surface area contributed by atoms with Crippen molar-refractivity contribution in [3.63, 3.8) is 0 Å². The summed E-state index contributed by atoms with van der Waals surface area (Å²) in [6, 6.07) is 8.10. The molecular weight excluding hydrogens is 258 g/mol. The highest BCUT2D eigenvalue weighted by molar-refractivity contribution is 7.99. The number of ether oxygens (including phenoxy) is 1. The van der Waals surface area contributed by atoms with Crippen molar-refractivity contribution in [2.45, 2.75) is 30.2 Å². The van der Waals surface area contributed by atoms with Crippen LogP contribution in [0.4, 0.5) is 0 Å². The zero-order chi connectivity index (χ0) is 13.7. The minimum Gasteiger partial charge on any atom is -0.497 e. The van der Waals surface area contributed by atoms with E-state index < -0.39 is 0 Å². The number of thioether (sulfide) groups is 1. The van der Waals surface area contributed by atoms with E-state index in [0.29, 0.717) is 5.92 Å². The molecular formula is C15H23NO2S. The molecule has 0 aliphatic heterocycles. The highest BCUT2D eigenvalue weighted by Gasteiger charge is 2.44. The van der Waals surface area contributed by atoms with Crippen molar-refractivity contribution < 1.29 is 9.84 Å². The van der Waals surface area contributed by atoms with Crippen LogP contribution in [0, 0.1) is 5.92 Å². The van der Waals surface area contributed by atoms with Gasteiger partial charge in [-0.25, -0.2) is 0 Å². The largest absolute Gasteiger partial charge is 0.497 e. The first-order valence-corrected chi connectivity index (χ1v) is 7.85. The fourth-order valence-corrected chi connectivity index (χ4v) is 3.66. The van der Waals surface area contributed by atoms with Crippen LogP contribution in [-0.4, -0.2) is 36.7 Å². The van der Waals surface area contributed by atoms with Crippen molar-refractivity contribution in [3.8, 4) is 5.75 Å². The van der Waals surface area contributed by atoms with Crippen LogP contribution in [0.25, 0.3) is 0 Å². The number of hydrogen-bond acceptors (Lipinski definition) is 4. The zero-order valence-electron chi connectivity index (χ0n) is 11.7. The molecule has 3 nitrogen and oxygen atoms in total. The average Bonchev–Trinajstić information content (AvgIpc) is 3.29. The van der Waals surface area contributed by atoms with Crippen molar-refractivity contribution in [2.75, 3.05) is 26.0 Å². The Morgan fingerprint density at radius 2 is 2.26 bits per heavy atom. The van der Waals surface area contributed by atoms with Gasteiger partial charge in [-0.1, -0.05) is 13.0 Å². The van der Waals surface area contributed by atoms with Gasteiger partial charge in [-0.2, -0.15) is 0 Å². The highest BCUT2D eigenvalue weighted by Crippen LogP contribution is 2.42. The van der Waals surface area contributed by atoms with Gasteiger partial charge in [0.25, 0.3) is 0 Å². The minimum absolute atomic E-state index is 0.123. The Labute approximate surface area is 119 Å². The summed E-state index contributed by atoms with van der Waals surface area (Å²) < 4.78 is 5.24. The zero-order valence-corrected chi connectivity index (χ0v) is 12.5. The van der Waals surface area contributed by atoms with E-state index in [1.165, 1.54) is 17.7 Å². The maximum Gasteiger partial charge on any atom is 0.119 e. The third kappa shape index (κ3) is 3.65. The van der Waals surface area contributed by atoms with Crippen molar-refractivity contribution in [2.24, 2.45) is 5.92 Å². The molecule has 19 heavy (non-hydrogen) atoms. The van der Waals surface area contributed by atoms with Gasteiger partial charge in [0.05, 0.1) is 19.3 Å². The van der Waals surface area contributed by atoms with E-state index in [4.69, 9.17) is 4.74 Å². The van der Waals surface area contributed by atoms with E-state index >= 15 is 0 Å². The summed E-state index contributed by atoms with van der Waals surface area (Å²) in [6.07, 6.45) is 2.46. The SMILES string of the molecule is CCNC(CO)(CSc1cccc(OC)c1)C1CC1. The monoisotopic (exact) mass is 281 g/mol. The second kappa shape index (κ2) is 6.64. The summed E-state index contributed by atoms with van der Waals surface area (Å²) in [5, 5.41) is 13.3. The van der Waals surface area contributed by atoms with Crippen LogP contribution in [0.5, 0.6) is 5.75 Å². The molecule has 0 spiro atoms. The molecule has 1 aliphatic carbocycles. The number of aliphatic hydroxyl groups excluding tert-OH is 1. The molecule has 0 saturated heterocycles. The first kappa shape index (κ1) is 14.7. The summed E-state index contributed by atoms with van der Waals surface area (Å²) in [7, 11) is 1.69. The molecule has 0 amide bonds.